The lowest BCUT2D eigenvalue weighted by Gasteiger charge is -2.20. The van der Waals surface area contributed by atoms with Crippen LogP contribution in [0.15, 0.2) is 41.0 Å². The highest BCUT2D eigenvalue weighted by atomic mass is 32.2. The number of nitrogens with zero attached hydrogens (tertiary/aromatic N) is 4. The molecule has 1 amide bonds. The molecular formula is C19H22F2N6OS2. The number of hydrogen-bond donors (Lipinski definition) is 2. The number of benzene rings is 1. The van der Waals surface area contributed by atoms with Gasteiger partial charge in [-0.25, -0.2) is 15.0 Å². The molecule has 0 saturated carbocycles. The van der Waals surface area contributed by atoms with E-state index in [-0.39, 0.29) is 11.8 Å². The molecule has 11 heteroatoms. The minimum absolute atomic E-state index is 0.0567. The molecule has 3 aromatic rings. The second kappa shape index (κ2) is 10.6. The Balaban J connectivity index is 1.39. The normalized spacial score (nSPS) is 12.3. The summed E-state index contributed by atoms with van der Waals surface area (Å²) in [5, 5.41) is 6.34. The van der Waals surface area contributed by atoms with E-state index in [1.165, 1.54) is 23.7 Å². The Labute approximate surface area is 181 Å². The average Bonchev–Trinajstić information content (AvgIpc) is 3.20. The Bertz CT molecular complexity index is 969. The van der Waals surface area contributed by atoms with Gasteiger partial charge in [0.15, 0.2) is 0 Å². The SMILES string of the molecule is CC(CNCN(C)C(=O)c1ccc2ncsc2c1)CNc1ncc(SC(F)F)cn1. The van der Waals surface area contributed by atoms with Gasteiger partial charge < -0.3 is 10.2 Å². The quantitative estimate of drug-likeness (QED) is 0.358. The molecule has 7 nitrogen and oxygen atoms in total. The summed E-state index contributed by atoms with van der Waals surface area (Å²) in [6.07, 6.45) is 2.75. The number of fused-ring (bicyclic) bond motifs is 1. The Morgan fingerprint density at radius 2 is 2.00 bits per heavy atom. The molecule has 0 radical (unpaired) electrons. The van der Waals surface area contributed by atoms with Crippen molar-refractivity contribution in [3.63, 3.8) is 0 Å². The van der Waals surface area contributed by atoms with Crippen molar-refractivity contribution in [2.24, 2.45) is 5.92 Å². The number of alkyl halides is 2. The van der Waals surface area contributed by atoms with Crippen LogP contribution in [0.25, 0.3) is 10.2 Å². The van der Waals surface area contributed by atoms with Crippen molar-refractivity contribution in [1.29, 1.82) is 0 Å². The van der Waals surface area contributed by atoms with E-state index in [9.17, 15) is 13.6 Å². The number of nitrogens with one attached hydrogen (secondary N) is 2. The van der Waals surface area contributed by atoms with Gasteiger partial charge in [-0.15, -0.1) is 11.3 Å². The van der Waals surface area contributed by atoms with E-state index < -0.39 is 5.76 Å². The van der Waals surface area contributed by atoms with Crippen molar-refractivity contribution >= 4 is 45.2 Å². The maximum atomic E-state index is 12.6. The van der Waals surface area contributed by atoms with Gasteiger partial charge in [-0.05, 0) is 24.1 Å². The van der Waals surface area contributed by atoms with E-state index in [2.05, 4.69) is 25.6 Å². The lowest BCUT2D eigenvalue weighted by atomic mass is 10.2. The van der Waals surface area contributed by atoms with Gasteiger partial charge >= 0.3 is 0 Å². The summed E-state index contributed by atoms with van der Waals surface area (Å²) in [4.78, 5) is 26.8. The first kappa shape index (κ1) is 22.3. The maximum Gasteiger partial charge on any atom is 0.289 e. The van der Waals surface area contributed by atoms with Crippen molar-refractivity contribution in [2.75, 3.05) is 32.1 Å². The zero-order valence-electron chi connectivity index (χ0n) is 16.5. The zero-order valence-corrected chi connectivity index (χ0v) is 18.1. The Kier molecular flexibility index (Phi) is 7.88. The molecule has 0 aliphatic carbocycles. The molecule has 0 bridgehead atoms. The second-order valence-electron chi connectivity index (χ2n) is 6.76. The minimum atomic E-state index is -2.49. The summed E-state index contributed by atoms with van der Waals surface area (Å²) in [6, 6.07) is 5.51. The standard InChI is InChI=1S/C19H22F2N6OS2/c1-12(7-23-19-24-8-14(9-25-19)30-18(20)21)6-22-10-27(2)17(28)13-3-4-15-16(5-13)29-11-26-15/h3-5,8-9,11-12,18,22H,6-7,10H2,1-2H3,(H,23,24,25). The molecule has 2 aromatic heterocycles. The van der Waals surface area contributed by atoms with Crippen molar-refractivity contribution in [3.8, 4) is 0 Å². The topological polar surface area (TPSA) is 83.0 Å². The fourth-order valence-corrected chi connectivity index (χ4v) is 3.82. The number of thiazole rings is 1. The predicted octanol–water partition coefficient (Wildman–Crippen LogP) is 3.77. The number of thioether (sulfide) groups is 1. The summed E-state index contributed by atoms with van der Waals surface area (Å²) in [6.45, 7) is 3.74. The van der Waals surface area contributed by atoms with Gasteiger partial charge in [0.25, 0.3) is 11.7 Å². The second-order valence-corrected chi connectivity index (χ2v) is 8.71. The van der Waals surface area contributed by atoms with Crippen molar-refractivity contribution in [1.82, 2.24) is 25.2 Å². The molecule has 1 aromatic carbocycles. The molecule has 160 valence electrons. The number of rotatable bonds is 10. The third kappa shape index (κ3) is 6.31. The Morgan fingerprint density at radius 3 is 2.73 bits per heavy atom. The van der Waals surface area contributed by atoms with Crippen LogP contribution in [-0.2, 0) is 0 Å². The average molecular weight is 453 g/mol. The van der Waals surface area contributed by atoms with Crippen LogP contribution >= 0.6 is 23.1 Å². The molecule has 2 N–H and O–H groups in total. The van der Waals surface area contributed by atoms with E-state index in [1.54, 1.807) is 23.5 Å². The van der Waals surface area contributed by atoms with Gasteiger partial charge in [-0.3, -0.25) is 10.1 Å². The minimum Gasteiger partial charge on any atom is -0.354 e. The molecule has 1 atom stereocenters. The third-order valence-electron chi connectivity index (χ3n) is 4.23. The highest BCUT2D eigenvalue weighted by Crippen LogP contribution is 2.23. The summed E-state index contributed by atoms with van der Waals surface area (Å²) in [5.74, 6) is -1.91. The number of hydrogen-bond acceptors (Lipinski definition) is 8. The summed E-state index contributed by atoms with van der Waals surface area (Å²) >= 11 is 1.93. The summed E-state index contributed by atoms with van der Waals surface area (Å²) in [7, 11) is 1.75. The first-order valence-corrected chi connectivity index (χ1v) is 11.0. The molecule has 3 rings (SSSR count). The number of halogens is 2. The van der Waals surface area contributed by atoms with Crippen LogP contribution in [0.4, 0.5) is 14.7 Å². The van der Waals surface area contributed by atoms with Gasteiger partial charge in [0.1, 0.15) is 0 Å². The third-order valence-corrected chi connectivity index (χ3v) is 5.68. The van der Waals surface area contributed by atoms with E-state index in [0.717, 1.165) is 10.2 Å². The Hall–Kier alpha value is -2.37. The van der Waals surface area contributed by atoms with Crippen LogP contribution in [-0.4, -0.2) is 58.3 Å². The molecule has 1 unspecified atom stereocenters. The number of carbonyl (C=O) groups excluding carboxylic acids is 1. The molecule has 30 heavy (non-hydrogen) atoms. The van der Waals surface area contributed by atoms with Crippen molar-refractivity contribution in [2.45, 2.75) is 17.6 Å². The van der Waals surface area contributed by atoms with Gasteiger partial charge in [-0.1, -0.05) is 18.7 Å². The molecule has 0 spiro atoms. The molecule has 0 saturated heterocycles. The number of anilines is 1. The van der Waals surface area contributed by atoms with E-state index >= 15 is 0 Å². The fourth-order valence-electron chi connectivity index (χ4n) is 2.67. The number of carbonyl (C=O) groups is 1. The maximum absolute atomic E-state index is 12.6. The Morgan fingerprint density at radius 1 is 1.23 bits per heavy atom. The van der Waals surface area contributed by atoms with Gasteiger partial charge in [0.2, 0.25) is 5.95 Å². The van der Waals surface area contributed by atoms with Crippen LogP contribution in [0, 0.1) is 5.92 Å². The van der Waals surface area contributed by atoms with Crippen LogP contribution in [0.3, 0.4) is 0 Å². The molecule has 0 aliphatic rings. The van der Waals surface area contributed by atoms with Crippen molar-refractivity contribution < 1.29 is 13.6 Å². The van der Waals surface area contributed by atoms with Crippen LogP contribution in [0.5, 0.6) is 0 Å². The molecule has 0 fully saturated rings. The highest BCUT2D eigenvalue weighted by Gasteiger charge is 2.13. The molecular weight excluding hydrogens is 430 g/mol. The summed E-state index contributed by atoms with van der Waals surface area (Å²) < 4.78 is 25.6. The lowest BCUT2D eigenvalue weighted by molar-refractivity contribution is 0.0783. The summed E-state index contributed by atoms with van der Waals surface area (Å²) in [5.41, 5.74) is 3.29. The monoisotopic (exact) mass is 452 g/mol. The molecule has 0 aliphatic heterocycles. The van der Waals surface area contributed by atoms with Crippen LogP contribution in [0.1, 0.15) is 17.3 Å². The van der Waals surface area contributed by atoms with E-state index in [0.29, 0.717) is 47.9 Å². The van der Waals surface area contributed by atoms with E-state index in [1.807, 2.05) is 19.1 Å². The van der Waals surface area contributed by atoms with Gasteiger partial charge in [0.05, 0.1) is 22.4 Å². The van der Waals surface area contributed by atoms with Gasteiger partial charge in [-0.2, -0.15) is 8.78 Å². The van der Waals surface area contributed by atoms with Crippen molar-refractivity contribution in [3.05, 3.63) is 41.7 Å². The largest absolute Gasteiger partial charge is 0.354 e. The van der Waals surface area contributed by atoms with Crippen LogP contribution in [0.2, 0.25) is 0 Å². The predicted molar refractivity (Wildman–Crippen MR) is 116 cm³/mol. The number of amides is 1. The first-order chi connectivity index (χ1) is 14.4. The van der Waals surface area contributed by atoms with Crippen LogP contribution < -0.4 is 10.6 Å². The van der Waals surface area contributed by atoms with Gasteiger partial charge in [0, 0.05) is 43.0 Å². The number of aromatic nitrogens is 3. The smallest absolute Gasteiger partial charge is 0.289 e. The lowest BCUT2D eigenvalue weighted by Crippen LogP contribution is -2.38. The van der Waals surface area contributed by atoms with E-state index in [4.69, 9.17) is 0 Å². The zero-order chi connectivity index (χ0) is 21.5. The molecule has 2 heterocycles. The first-order valence-electron chi connectivity index (χ1n) is 9.22. The highest BCUT2D eigenvalue weighted by molar-refractivity contribution is 7.99. The fraction of sp³-hybridized carbons (Fsp3) is 0.368.